The monoisotopic (exact) mass is 360 g/mol. The molecule has 0 aliphatic heterocycles. The van der Waals surface area contributed by atoms with Crippen molar-refractivity contribution in [3.8, 4) is 0 Å². The zero-order chi connectivity index (χ0) is 15.2. The molecule has 3 N–H and O–H groups in total. The maximum atomic E-state index is 14.1. The second-order valence-corrected chi connectivity index (χ2v) is 6.76. The van der Waals surface area contributed by atoms with Crippen LogP contribution in [0.3, 0.4) is 0 Å². The van der Waals surface area contributed by atoms with Crippen LogP contribution in [-0.2, 0) is 6.42 Å². The molecule has 0 radical (unpaired) electrons. The van der Waals surface area contributed by atoms with Crippen molar-refractivity contribution in [2.75, 3.05) is 0 Å². The molecule has 1 aliphatic rings. The van der Waals surface area contributed by atoms with Gasteiger partial charge >= 0.3 is 0 Å². The summed E-state index contributed by atoms with van der Waals surface area (Å²) in [7, 11) is 0. The number of halogens is 3. The zero-order valence-corrected chi connectivity index (χ0v) is 13.8. The second-order valence-electron chi connectivity index (χ2n) is 5.90. The van der Waals surface area contributed by atoms with Crippen LogP contribution in [-0.4, -0.2) is 6.04 Å². The van der Waals surface area contributed by atoms with Gasteiger partial charge in [-0.25, -0.2) is 8.78 Å². The van der Waals surface area contributed by atoms with Gasteiger partial charge < -0.3 is 0 Å². The number of hydrogen-bond acceptors (Lipinski definition) is 2. The summed E-state index contributed by atoms with van der Waals surface area (Å²) in [6.07, 6.45) is 8.57. The summed E-state index contributed by atoms with van der Waals surface area (Å²) < 4.78 is 28.3. The Morgan fingerprint density at radius 2 is 1.76 bits per heavy atom. The maximum absolute atomic E-state index is 14.1. The van der Waals surface area contributed by atoms with Crippen molar-refractivity contribution in [3.63, 3.8) is 0 Å². The molecule has 0 heterocycles. The van der Waals surface area contributed by atoms with E-state index in [-0.39, 0.29) is 18.0 Å². The predicted molar refractivity (Wildman–Crippen MR) is 84.7 cm³/mol. The van der Waals surface area contributed by atoms with E-state index in [2.05, 4.69) is 21.4 Å². The SMILES string of the molecule is NNC(Cc1c(F)ccc(Br)c1F)C1CCCCCCC1. The van der Waals surface area contributed by atoms with Gasteiger partial charge in [0.2, 0.25) is 0 Å². The Kier molecular flexibility index (Phi) is 6.58. The molecule has 2 rings (SSSR count). The fourth-order valence-corrected chi connectivity index (χ4v) is 3.60. The lowest BCUT2D eigenvalue weighted by Crippen LogP contribution is -2.43. The number of rotatable bonds is 4. The molecule has 0 saturated heterocycles. The van der Waals surface area contributed by atoms with E-state index in [4.69, 9.17) is 5.84 Å². The van der Waals surface area contributed by atoms with Crippen LogP contribution in [0, 0.1) is 17.6 Å². The quantitative estimate of drug-likeness (QED) is 0.472. The molecular weight excluding hydrogens is 338 g/mol. The Balaban J connectivity index is 2.12. The minimum Gasteiger partial charge on any atom is -0.271 e. The van der Waals surface area contributed by atoms with Crippen LogP contribution in [0.1, 0.15) is 50.5 Å². The van der Waals surface area contributed by atoms with Crippen LogP contribution in [0.15, 0.2) is 16.6 Å². The Labute approximate surface area is 133 Å². The molecule has 1 aromatic carbocycles. The number of benzene rings is 1. The van der Waals surface area contributed by atoms with E-state index in [0.717, 1.165) is 12.8 Å². The van der Waals surface area contributed by atoms with E-state index in [1.165, 1.54) is 44.2 Å². The molecule has 1 aliphatic carbocycles. The van der Waals surface area contributed by atoms with Gasteiger partial charge in [0.15, 0.2) is 0 Å². The summed E-state index contributed by atoms with van der Waals surface area (Å²) >= 11 is 3.12. The first-order valence-corrected chi connectivity index (χ1v) is 8.51. The molecule has 1 fully saturated rings. The van der Waals surface area contributed by atoms with E-state index < -0.39 is 11.6 Å². The molecule has 1 saturated carbocycles. The number of nitrogens with two attached hydrogens (primary N) is 1. The highest BCUT2D eigenvalue weighted by Crippen LogP contribution is 2.29. The number of hydrogen-bond donors (Lipinski definition) is 2. The van der Waals surface area contributed by atoms with Crippen molar-refractivity contribution in [2.45, 2.75) is 57.4 Å². The third-order valence-electron chi connectivity index (χ3n) is 4.50. The van der Waals surface area contributed by atoms with Crippen molar-refractivity contribution in [2.24, 2.45) is 11.8 Å². The van der Waals surface area contributed by atoms with Crippen LogP contribution in [0.5, 0.6) is 0 Å². The van der Waals surface area contributed by atoms with Crippen molar-refractivity contribution in [1.82, 2.24) is 5.43 Å². The normalized spacial score (nSPS) is 19.0. The van der Waals surface area contributed by atoms with Gasteiger partial charge in [-0.05, 0) is 53.2 Å². The summed E-state index contributed by atoms with van der Waals surface area (Å²) in [4.78, 5) is 0. The Hall–Kier alpha value is -0.520. The van der Waals surface area contributed by atoms with Gasteiger partial charge in [-0.15, -0.1) is 0 Å². The fraction of sp³-hybridized carbons (Fsp3) is 0.625. The van der Waals surface area contributed by atoms with Crippen LogP contribution >= 0.6 is 15.9 Å². The first-order valence-electron chi connectivity index (χ1n) is 7.72. The summed E-state index contributed by atoms with van der Waals surface area (Å²) in [6, 6.07) is 2.62. The average molecular weight is 361 g/mol. The number of hydrazine groups is 1. The Bertz CT molecular complexity index is 460. The van der Waals surface area contributed by atoms with Gasteiger partial charge in [0.05, 0.1) is 4.47 Å². The van der Waals surface area contributed by atoms with Crippen LogP contribution < -0.4 is 11.3 Å². The molecular formula is C16H23BrF2N2. The lowest BCUT2D eigenvalue weighted by molar-refractivity contribution is 0.281. The molecule has 118 valence electrons. The van der Waals surface area contributed by atoms with Gasteiger partial charge in [0.25, 0.3) is 0 Å². The standard InChI is InChI=1S/C16H23BrF2N2/c17-13-8-9-14(18)12(16(13)19)10-15(21-20)11-6-4-2-1-3-5-7-11/h8-9,11,15,21H,1-7,10,20H2. The number of nitrogens with one attached hydrogen (secondary N) is 1. The van der Waals surface area contributed by atoms with Crippen LogP contribution in [0.25, 0.3) is 0 Å². The van der Waals surface area contributed by atoms with Crippen molar-refractivity contribution < 1.29 is 8.78 Å². The molecule has 1 unspecified atom stereocenters. The van der Waals surface area contributed by atoms with E-state index >= 15 is 0 Å². The van der Waals surface area contributed by atoms with E-state index in [1.54, 1.807) is 0 Å². The molecule has 21 heavy (non-hydrogen) atoms. The zero-order valence-electron chi connectivity index (χ0n) is 12.2. The van der Waals surface area contributed by atoms with Gasteiger partial charge in [0, 0.05) is 11.6 Å². The first-order chi connectivity index (χ1) is 10.1. The topological polar surface area (TPSA) is 38.0 Å². The molecule has 5 heteroatoms. The third kappa shape index (κ3) is 4.47. The highest BCUT2D eigenvalue weighted by molar-refractivity contribution is 9.10. The largest absolute Gasteiger partial charge is 0.271 e. The smallest absolute Gasteiger partial charge is 0.143 e. The van der Waals surface area contributed by atoms with Crippen molar-refractivity contribution in [3.05, 3.63) is 33.8 Å². The van der Waals surface area contributed by atoms with Crippen LogP contribution in [0.4, 0.5) is 8.78 Å². The summed E-state index contributed by atoms with van der Waals surface area (Å²) in [5.74, 6) is 5.04. The van der Waals surface area contributed by atoms with Gasteiger partial charge in [-0.2, -0.15) is 0 Å². The molecule has 0 aromatic heterocycles. The highest BCUT2D eigenvalue weighted by Gasteiger charge is 2.24. The van der Waals surface area contributed by atoms with E-state index in [1.807, 2.05) is 0 Å². The van der Waals surface area contributed by atoms with E-state index in [9.17, 15) is 8.78 Å². The molecule has 1 aromatic rings. The minimum atomic E-state index is -0.513. The highest BCUT2D eigenvalue weighted by atomic mass is 79.9. The van der Waals surface area contributed by atoms with Gasteiger partial charge in [-0.3, -0.25) is 11.3 Å². The van der Waals surface area contributed by atoms with E-state index in [0.29, 0.717) is 10.4 Å². The maximum Gasteiger partial charge on any atom is 0.143 e. The Morgan fingerprint density at radius 3 is 2.38 bits per heavy atom. The first kappa shape index (κ1) is 16.8. The van der Waals surface area contributed by atoms with Gasteiger partial charge in [-0.1, -0.05) is 32.1 Å². The summed E-state index contributed by atoms with van der Waals surface area (Å²) in [6.45, 7) is 0. The summed E-state index contributed by atoms with van der Waals surface area (Å²) in [5.41, 5.74) is 2.91. The average Bonchev–Trinajstić information content (AvgIpc) is 2.44. The van der Waals surface area contributed by atoms with Gasteiger partial charge in [0.1, 0.15) is 11.6 Å². The van der Waals surface area contributed by atoms with Crippen molar-refractivity contribution in [1.29, 1.82) is 0 Å². The third-order valence-corrected chi connectivity index (χ3v) is 5.11. The minimum absolute atomic E-state index is 0.0820. The molecule has 2 nitrogen and oxygen atoms in total. The Morgan fingerprint density at radius 1 is 1.14 bits per heavy atom. The molecule has 1 atom stereocenters. The molecule has 0 bridgehead atoms. The van der Waals surface area contributed by atoms with Crippen LogP contribution in [0.2, 0.25) is 0 Å². The molecule has 0 spiro atoms. The van der Waals surface area contributed by atoms with Crippen molar-refractivity contribution >= 4 is 15.9 Å². The lowest BCUT2D eigenvalue weighted by Gasteiger charge is -2.28. The molecule has 0 amide bonds. The lowest BCUT2D eigenvalue weighted by atomic mass is 9.83. The fourth-order valence-electron chi connectivity index (χ4n) is 3.23. The summed E-state index contributed by atoms with van der Waals surface area (Å²) in [5, 5.41) is 0. The predicted octanol–water partition coefficient (Wildman–Crippen LogP) is 4.46. The second kappa shape index (κ2) is 8.20.